The van der Waals surface area contributed by atoms with Crippen LogP contribution in [0.5, 0.6) is 5.75 Å². The predicted molar refractivity (Wildman–Crippen MR) is 92.7 cm³/mol. The third-order valence-corrected chi connectivity index (χ3v) is 4.46. The zero-order chi connectivity index (χ0) is 19.3. The van der Waals surface area contributed by atoms with Crippen LogP contribution in [0.4, 0.5) is 18.9 Å². The van der Waals surface area contributed by atoms with E-state index in [0.29, 0.717) is 28.4 Å². The van der Waals surface area contributed by atoms with Gasteiger partial charge in [0.1, 0.15) is 5.75 Å². The number of halogens is 4. The quantitative estimate of drug-likeness (QED) is 0.695. The molecule has 27 heavy (non-hydrogen) atoms. The molecule has 0 saturated carbocycles. The average Bonchev–Trinajstić information content (AvgIpc) is 2.99. The Kier molecular flexibility index (Phi) is 4.01. The Balaban J connectivity index is 1.91. The third kappa shape index (κ3) is 2.98. The Morgan fingerprint density at radius 2 is 2.11 bits per heavy atom. The van der Waals surface area contributed by atoms with Crippen molar-refractivity contribution in [2.75, 3.05) is 11.9 Å². The minimum atomic E-state index is -4.55. The summed E-state index contributed by atoms with van der Waals surface area (Å²) in [5.74, 6) is 0.195. The number of nitrogens with zero attached hydrogens (tertiary/aromatic N) is 2. The first-order chi connectivity index (χ1) is 12.8. The van der Waals surface area contributed by atoms with E-state index < -0.39 is 11.7 Å². The second-order valence-electron chi connectivity index (χ2n) is 5.93. The van der Waals surface area contributed by atoms with Crippen molar-refractivity contribution in [2.45, 2.75) is 12.7 Å². The SMILES string of the molecule is NCc1c(-c2ccc3c(c2)NC(=O)CO3)nc2c(Cl)cc(C(F)(F)F)cn12. The van der Waals surface area contributed by atoms with E-state index >= 15 is 0 Å². The van der Waals surface area contributed by atoms with Crippen molar-refractivity contribution < 1.29 is 22.7 Å². The molecule has 0 unspecified atom stereocenters. The molecule has 0 aliphatic carbocycles. The molecule has 1 aliphatic heterocycles. The van der Waals surface area contributed by atoms with Gasteiger partial charge in [0.15, 0.2) is 12.3 Å². The van der Waals surface area contributed by atoms with Crippen LogP contribution in [0.15, 0.2) is 30.5 Å². The van der Waals surface area contributed by atoms with Crippen molar-refractivity contribution in [3.05, 3.63) is 46.7 Å². The Labute approximate surface area is 155 Å². The number of hydrogen-bond acceptors (Lipinski definition) is 4. The van der Waals surface area contributed by atoms with Crippen LogP contribution >= 0.6 is 11.6 Å². The van der Waals surface area contributed by atoms with Crippen LogP contribution in [-0.2, 0) is 17.5 Å². The molecule has 1 aliphatic rings. The van der Waals surface area contributed by atoms with Gasteiger partial charge < -0.3 is 20.2 Å². The van der Waals surface area contributed by atoms with Gasteiger partial charge in [0, 0.05) is 18.3 Å². The van der Waals surface area contributed by atoms with Gasteiger partial charge in [-0.05, 0) is 24.3 Å². The Morgan fingerprint density at radius 1 is 1.33 bits per heavy atom. The molecule has 140 valence electrons. The van der Waals surface area contributed by atoms with Gasteiger partial charge in [-0.25, -0.2) is 4.98 Å². The van der Waals surface area contributed by atoms with E-state index in [2.05, 4.69) is 10.3 Å². The van der Waals surface area contributed by atoms with Crippen molar-refractivity contribution in [1.29, 1.82) is 0 Å². The number of alkyl halides is 3. The van der Waals surface area contributed by atoms with Gasteiger partial charge >= 0.3 is 6.18 Å². The molecular weight excluding hydrogens is 385 g/mol. The highest BCUT2D eigenvalue weighted by molar-refractivity contribution is 6.33. The number of pyridine rings is 1. The fraction of sp³-hybridized carbons (Fsp3) is 0.176. The van der Waals surface area contributed by atoms with Gasteiger partial charge in [0.25, 0.3) is 5.91 Å². The van der Waals surface area contributed by atoms with Gasteiger partial charge in [0.2, 0.25) is 0 Å². The number of nitrogens with one attached hydrogen (secondary N) is 1. The van der Waals surface area contributed by atoms with E-state index in [1.54, 1.807) is 18.2 Å². The molecule has 0 saturated heterocycles. The topological polar surface area (TPSA) is 81.6 Å². The summed E-state index contributed by atoms with van der Waals surface area (Å²) >= 11 is 6.03. The maximum absolute atomic E-state index is 13.1. The number of aromatic nitrogens is 2. The van der Waals surface area contributed by atoms with Crippen LogP contribution in [0.2, 0.25) is 5.02 Å². The first kappa shape index (κ1) is 17.6. The van der Waals surface area contributed by atoms with E-state index in [1.807, 2.05) is 0 Å². The highest BCUT2D eigenvalue weighted by Crippen LogP contribution is 2.37. The molecule has 4 rings (SSSR count). The van der Waals surface area contributed by atoms with Crippen LogP contribution in [0.1, 0.15) is 11.3 Å². The van der Waals surface area contributed by atoms with Crippen molar-refractivity contribution in [3.63, 3.8) is 0 Å². The molecule has 0 bridgehead atoms. The van der Waals surface area contributed by atoms with Crippen LogP contribution in [0.3, 0.4) is 0 Å². The molecule has 0 radical (unpaired) electrons. The number of hydrogen-bond donors (Lipinski definition) is 2. The van der Waals surface area contributed by atoms with Gasteiger partial charge in [-0.15, -0.1) is 0 Å². The summed E-state index contributed by atoms with van der Waals surface area (Å²) in [5.41, 5.74) is 6.81. The zero-order valence-electron chi connectivity index (χ0n) is 13.6. The van der Waals surface area contributed by atoms with Crippen LogP contribution in [0.25, 0.3) is 16.9 Å². The lowest BCUT2D eigenvalue weighted by molar-refractivity contribution is -0.137. The van der Waals surface area contributed by atoms with Gasteiger partial charge in [-0.3, -0.25) is 4.79 Å². The fourth-order valence-corrected chi connectivity index (χ4v) is 3.21. The number of carbonyl (C=O) groups excluding carboxylic acids is 1. The molecular formula is C17H12ClF3N4O2. The summed E-state index contributed by atoms with van der Waals surface area (Å²) < 4.78 is 45.9. The first-order valence-electron chi connectivity index (χ1n) is 7.82. The molecule has 1 aromatic carbocycles. The highest BCUT2D eigenvalue weighted by Gasteiger charge is 2.32. The van der Waals surface area contributed by atoms with Crippen molar-refractivity contribution in [3.8, 4) is 17.0 Å². The zero-order valence-corrected chi connectivity index (χ0v) is 14.4. The number of amides is 1. The number of carbonyl (C=O) groups is 1. The molecule has 6 nitrogen and oxygen atoms in total. The smallest absolute Gasteiger partial charge is 0.417 e. The number of nitrogens with two attached hydrogens (primary N) is 1. The second-order valence-corrected chi connectivity index (χ2v) is 6.33. The number of benzene rings is 1. The third-order valence-electron chi connectivity index (χ3n) is 4.18. The Morgan fingerprint density at radius 3 is 2.81 bits per heavy atom. The van der Waals surface area contributed by atoms with Crippen LogP contribution < -0.4 is 15.8 Å². The van der Waals surface area contributed by atoms with E-state index in [4.69, 9.17) is 22.1 Å². The summed E-state index contributed by atoms with van der Waals surface area (Å²) in [6.07, 6.45) is -3.63. The molecule has 3 aromatic rings. The molecule has 0 spiro atoms. The predicted octanol–water partition coefficient (Wildman–Crippen LogP) is 3.46. The summed E-state index contributed by atoms with van der Waals surface area (Å²) in [5, 5.41) is 2.54. The van der Waals surface area contributed by atoms with Gasteiger partial charge in [0.05, 0.1) is 27.7 Å². The molecule has 1 amide bonds. The lowest BCUT2D eigenvalue weighted by atomic mass is 10.1. The van der Waals surface area contributed by atoms with Crippen LogP contribution in [0, 0.1) is 0 Å². The minimum absolute atomic E-state index is 0.0614. The fourth-order valence-electron chi connectivity index (χ4n) is 2.96. The summed E-state index contributed by atoms with van der Waals surface area (Å²) in [7, 11) is 0. The summed E-state index contributed by atoms with van der Waals surface area (Å²) in [6, 6.07) is 5.80. The Bertz CT molecular complexity index is 1080. The van der Waals surface area contributed by atoms with E-state index in [9.17, 15) is 18.0 Å². The molecule has 2 aromatic heterocycles. The normalized spacial score (nSPS) is 14.0. The molecule has 3 heterocycles. The maximum atomic E-state index is 13.1. The van der Waals surface area contributed by atoms with Crippen molar-refractivity contribution in [2.24, 2.45) is 5.73 Å². The van der Waals surface area contributed by atoms with E-state index in [-0.39, 0.29) is 29.7 Å². The molecule has 10 heteroatoms. The van der Waals surface area contributed by atoms with Crippen molar-refractivity contribution >= 4 is 28.8 Å². The number of imidazole rings is 1. The highest BCUT2D eigenvalue weighted by atomic mass is 35.5. The lowest BCUT2D eigenvalue weighted by Crippen LogP contribution is -2.25. The standard InChI is InChI=1S/C17H12ClF3N4O2/c18-10-4-9(17(19,20)21)6-25-12(5-22)15(24-16(10)25)8-1-2-13-11(3-8)23-14(26)7-27-13/h1-4,6H,5,7,22H2,(H,23,26). The lowest BCUT2D eigenvalue weighted by Gasteiger charge is -2.18. The minimum Gasteiger partial charge on any atom is -0.482 e. The molecule has 0 atom stereocenters. The molecule has 0 fully saturated rings. The average molecular weight is 397 g/mol. The number of anilines is 1. The van der Waals surface area contributed by atoms with Crippen molar-refractivity contribution in [1.82, 2.24) is 9.38 Å². The first-order valence-corrected chi connectivity index (χ1v) is 8.20. The summed E-state index contributed by atoms with van der Waals surface area (Å²) in [6.45, 7) is -0.140. The van der Waals surface area contributed by atoms with E-state index in [0.717, 1.165) is 12.3 Å². The number of rotatable bonds is 2. The Hall–Kier alpha value is -2.78. The summed E-state index contributed by atoms with van der Waals surface area (Å²) in [4.78, 5) is 15.9. The van der Waals surface area contributed by atoms with Crippen LogP contribution in [-0.4, -0.2) is 21.9 Å². The number of fused-ring (bicyclic) bond motifs is 2. The second kappa shape index (κ2) is 6.14. The largest absolute Gasteiger partial charge is 0.482 e. The van der Waals surface area contributed by atoms with E-state index in [1.165, 1.54) is 4.40 Å². The molecule has 3 N–H and O–H groups in total. The van der Waals surface area contributed by atoms with Gasteiger partial charge in [-0.2, -0.15) is 13.2 Å². The van der Waals surface area contributed by atoms with Gasteiger partial charge in [-0.1, -0.05) is 11.6 Å². The maximum Gasteiger partial charge on any atom is 0.417 e. The monoisotopic (exact) mass is 396 g/mol. The number of ether oxygens (including phenoxy) is 1.